The maximum atomic E-state index is 13.7. The van der Waals surface area contributed by atoms with Crippen molar-refractivity contribution in [1.82, 2.24) is 9.88 Å². The molecule has 0 bridgehead atoms. The van der Waals surface area contributed by atoms with Crippen LogP contribution in [0.5, 0.6) is 0 Å². The summed E-state index contributed by atoms with van der Waals surface area (Å²) in [7, 11) is 0. The Labute approximate surface area is 181 Å². The van der Waals surface area contributed by atoms with Crippen molar-refractivity contribution in [3.8, 4) is 0 Å². The minimum absolute atomic E-state index is 0.167. The number of nitrogens with zero attached hydrogens (tertiary/aromatic N) is 1. The molecule has 3 aromatic carbocycles. The van der Waals surface area contributed by atoms with E-state index in [0.29, 0.717) is 25.1 Å². The maximum absolute atomic E-state index is 13.7. The van der Waals surface area contributed by atoms with E-state index in [-0.39, 0.29) is 5.91 Å². The third kappa shape index (κ3) is 5.10. The molecule has 0 fully saturated rings. The summed E-state index contributed by atoms with van der Waals surface area (Å²) >= 11 is 0. The highest BCUT2D eigenvalue weighted by Crippen LogP contribution is 2.19. The van der Waals surface area contributed by atoms with Crippen molar-refractivity contribution >= 4 is 22.9 Å². The predicted octanol–water partition coefficient (Wildman–Crippen LogP) is 6.10. The normalized spacial score (nSPS) is 11.6. The van der Waals surface area contributed by atoms with Crippen LogP contribution in [-0.4, -0.2) is 28.9 Å². The Balaban J connectivity index is 1.57. The molecule has 31 heavy (non-hydrogen) atoms. The van der Waals surface area contributed by atoms with Crippen LogP contribution in [0.1, 0.15) is 28.4 Å². The number of carbonyl (C=O) groups is 1. The van der Waals surface area contributed by atoms with Crippen molar-refractivity contribution in [2.24, 2.45) is 0 Å². The average Bonchev–Trinajstić information content (AvgIpc) is 3.20. The minimum Gasteiger partial charge on any atom is -0.361 e. The first-order valence-corrected chi connectivity index (χ1v) is 10.4. The SMILES string of the molecule is CC(=Cc1ccccc1)CN(CCc1c[nH]c2ccccc12)C(=O)c1cccc(F)c1. The van der Waals surface area contributed by atoms with Crippen molar-refractivity contribution < 1.29 is 9.18 Å². The summed E-state index contributed by atoms with van der Waals surface area (Å²) in [5.74, 6) is -0.570. The van der Waals surface area contributed by atoms with E-state index in [1.165, 1.54) is 12.1 Å². The first-order chi connectivity index (χ1) is 15.1. The molecule has 0 saturated carbocycles. The third-order valence-electron chi connectivity index (χ3n) is 5.34. The van der Waals surface area contributed by atoms with Gasteiger partial charge in [0.2, 0.25) is 0 Å². The van der Waals surface area contributed by atoms with E-state index in [1.54, 1.807) is 17.0 Å². The fraction of sp³-hybridized carbons (Fsp3) is 0.148. The van der Waals surface area contributed by atoms with E-state index in [4.69, 9.17) is 0 Å². The van der Waals surface area contributed by atoms with Gasteiger partial charge in [-0.15, -0.1) is 0 Å². The number of H-pyrrole nitrogens is 1. The molecule has 0 spiro atoms. The smallest absolute Gasteiger partial charge is 0.254 e. The lowest BCUT2D eigenvalue weighted by atomic mass is 10.1. The molecular weight excluding hydrogens is 387 g/mol. The van der Waals surface area contributed by atoms with E-state index >= 15 is 0 Å². The number of carbonyl (C=O) groups excluding carboxylic acids is 1. The molecule has 3 nitrogen and oxygen atoms in total. The van der Waals surface area contributed by atoms with Crippen LogP contribution in [0.15, 0.2) is 90.6 Å². The van der Waals surface area contributed by atoms with Gasteiger partial charge in [0.05, 0.1) is 0 Å². The van der Waals surface area contributed by atoms with Gasteiger partial charge in [0.15, 0.2) is 0 Å². The van der Waals surface area contributed by atoms with Gasteiger partial charge in [-0.3, -0.25) is 4.79 Å². The van der Waals surface area contributed by atoms with Gasteiger partial charge < -0.3 is 9.88 Å². The molecule has 0 aliphatic heterocycles. The lowest BCUT2D eigenvalue weighted by Gasteiger charge is -2.23. The van der Waals surface area contributed by atoms with Gasteiger partial charge in [0.25, 0.3) is 5.91 Å². The number of amides is 1. The zero-order valence-electron chi connectivity index (χ0n) is 17.5. The van der Waals surface area contributed by atoms with E-state index in [1.807, 2.05) is 61.7 Å². The molecule has 0 atom stereocenters. The van der Waals surface area contributed by atoms with Crippen LogP contribution in [0.3, 0.4) is 0 Å². The number of fused-ring (bicyclic) bond motifs is 1. The van der Waals surface area contributed by atoms with Crippen molar-refractivity contribution in [2.75, 3.05) is 13.1 Å². The summed E-state index contributed by atoms with van der Waals surface area (Å²) in [6.07, 6.45) is 4.80. The number of halogens is 1. The van der Waals surface area contributed by atoms with Crippen LogP contribution < -0.4 is 0 Å². The zero-order valence-corrected chi connectivity index (χ0v) is 17.5. The fourth-order valence-corrected chi connectivity index (χ4v) is 3.83. The van der Waals surface area contributed by atoms with Crippen LogP contribution in [0, 0.1) is 5.82 Å². The molecular formula is C27H25FN2O. The molecule has 0 saturated heterocycles. The third-order valence-corrected chi connectivity index (χ3v) is 5.34. The maximum Gasteiger partial charge on any atom is 0.254 e. The Hall–Kier alpha value is -3.66. The number of nitrogens with one attached hydrogen (secondary N) is 1. The van der Waals surface area contributed by atoms with E-state index in [9.17, 15) is 9.18 Å². The highest BCUT2D eigenvalue weighted by Gasteiger charge is 2.17. The second-order valence-electron chi connectivity index (χ2n) is 7.75. The molecule has 4 rings (SSSR count). The van der Waals surface area contributed by atoms with Crippen LogP contribution >= 0.6 is 0 Å². The monoisotopic (exact) mass is 412 g/mol. The molecule has 4 heteroatoms. The first kappa shape index (κ1) is 20.6. The van der Waals surface area contributed by atoms with Crippen LogP contribution in [0.2, 0.25) is 0 Å². The van der Waals surface area contributed by atoms with Gasteiger partial charge in [-0.1, -0.05) is 66.2 Å². The first-order valence-electron chi connectivity index (χ1n) is 10.4. The summed E-state index contributed by atoms with van der Waals surface area (Å²) in [6.45, 7) is 3.04. The van der Waals surface area contributed by atoms with Crippen molar-refractivity contribution in [3.05, 3.63) is 113 Å². The van der Waals surface area contributed by atoms with Gasteiger partial charge in [0, 0.05) is 35.8 Å². The molecule has 1 amide bonds. The fourth-order valence-electron chi connectivity index (χ4n) is 3.83. The van der Waals surface area contributed by atoms with Gasteiger partial charge in [-0.05, 0) is 48.7 Å². The topological polar surface area (TPSA) is 36.1 Å². The van der Waals surface area contributed by atoms with Crippen molar-refractivity contribution in [3.63, 3.8) is 0 Å². The predicted molar refractivity (Wildman–Crippen MR) is 124 cm³/mol. The lowest BCUT2D eigenvalue weighted by Crippen LogP contribution is -2.34. The number of aromatic amines is 1. The van der Waals surface area contributed by atoms with Gasteiger partial charge in [-0.2, -0.15) is 0 Å². The summed E-state index contributed by atoms with van der Waals surface area (Å²) in [6, 6.07) is 24.1. The van der Waals surface area contributed by atoms with Gasteiger partial charge in [-0.25, -0.2) is 4.39 Å². The highest BCUT2D eigenvalue weighted by molar-refractivity contribution is 5.94. The van der Waals surface area contributed by atoms with E-state index < -0.39 is 5.82 Å². The molecule has 0 radical (unpaired) electrons. The number of aromatic nitrogens is 1. The molecule has 1 heterocycles. The van der Waals surface area contributed by atoms with Crippen molar-refractivity contribution in [1.29, 1.82) is 0 Å². The molecule has 1 aromatic heterocycles. The Kier molecular flexibility index (Phi) is 6.27. The zero-order chi connectivity index (χ0) is 21.6. The second kappa shape index (κ2) is 9.43. The number of hydrogen-bond donors (Lipinski definition) is 1. The largest absolute Gasteiger partial charge is 0.361 e. The Morgan fingerprint density at radius 2 is 1.77 bits per heavy atom. The lowest BCUT2D eigenvalue weighted by molar-refractivity contribution is 0.0771. The number of para-hydroxylation sites is 1. The Morgan fingerprint density at radius 1 is 1.00 bits per heavy atom. The molecule has 156 valence electrons. The summed E-state index contributed by atoms with van der Waals surface area (Å²) in [5.41, 5.74) is 4.77. The Morgan fingerprint density at radius 3 is 2.58 bits per heavy atom. The van der Waals surface area contributed by atoms with Crippen LogP contribution in [-0.2, 0) is 6.42 Å². The van der Waals surface area contributed by atoms with E-state index in [2.05, 4.69) is 17.1 Å². The number of hydrogen-bond acceptors (Lipinski definition) is 1. The van der Waals surface area contributed by atoms with Crippen LogP contribution in [0.4, 0.5) is 4.39 Å². The molecule has 1 N–H and O–H groups in total. The molecule has 4 aromatic rings. The summed E-state index contributed by atoms with van der Waals surface area (Å²) in [5, 5.41) is 1.16. The van der Waals surface area contributed by atoms with Gasteiger partial charge in [0.1, 0.15) is 5.82 Å². The Bertz CT molecular complexity index is 1210. The molecule has 0 aliphatic rings. The second-order valence-corrected chi connectivity index (χ2v) is 7.75. The number of rotatable bonds is 7. The molecule has 0 aliphatic carbocycles. The van der Waals surface area contributed by atoms with E-state index in [0.717, 1.165) is 27.6 Å². The quantitative estimate of drug-likeness (QED) is 0.391. The average molecular weight is 413 g/mol. The standard InChI is InChI=1S/C27H25FN2O/c1-20(16-21-8-3-2-4-9-21)19-30(27(31)22-10-7-11-24(28)17-22)15-14-23-18-29-26-13-6-5-12-25(23)26/h2-13,16-18,29H,14-15,19H2,1H3. The number of benzene rings is 3. The highest BCUT2D eigenvalue weighted by atomic mass is 19.1. The van der Waals surface area contributed by atoms with Gasteiger partial charge >= 0.3 is 0 Å². The van der Waals surface area contributed by atoms with Crippen LogP contribution in [0.25, 0.3) is 17.0 Å². The van der Waals surface area contributed by atoms with Crippen molar-refractivity contribution in [2.45, 2.75) is 13.3 Å². The minimum atomic E-state index is -0.404. The molecule has 0 unspecified atom stereocenters. The summed E-state index contributed by atoms with van der Waals surface area (Å²) in [4.78, 5) is 18.3. The summed E-state index contributed by atoms with van der Waals surface area (Å²) < 4.78 is 13.7.